The third-order valence-corrected chi connectivity index (χ3v) is 4.45. The molecule has 2 heterocycles. The summed E-state index contributed by atoms with van der Waals surface area (Å²) >= 11 is 0. The van der Waals surface area contributed by atoms with E-state index in [2.05, 4.69) is 11.1 Å². The fraction of sp³-hybridized carbons (Fsp3) is 0.100. The minimum atomic E-state index is -1.06. The van der Waals surface area contributed by atoms with Gasteiger partial charge < -0.3 is 5.11 Å². The smallest absolute Gasteiger partial charge is 0.335 e. The van der Waals surface area contributed by atoms with Crippen molar-refractivity contribution in [2.24, 2.45) is 0 Å². The predicted octanol–water partition coefficient (Wildman–Crippen LogP) is 2.91. The largest absolute Gasteiger partial charge is 0.478 e. The van der Waals surface area contributed by atoms with Gasteiger partial charge in [0.15, 0.2) is 0 Å². The molecule has 0 bridgehead atoms. The lowest BCUT2D eigenvalue weighted by Crippen LogP contribution is -2.21. The number of hydrogen-bond donors (Lipinski definition) is 1. The van der Waals surface area contributed by atoms with Crippen molar-refractivity contribution in [3.8, 4) is 6.07 Å². The van der Waals surface area contributed by atoms with Crippen molar-refractivity contribution in [1.29, 1.82) is 5.26 Å². The molecular weight excluding hydrogens is 330 g/mol. The number of allylic oxidation sites excluding steroid dienone is 1. The highest BCUT2D eigenvalue weighted by atomic mass is 16.4. The maximum Gasteiger partial charge on any atom is 0.335 e. The van der Waals surface area contributed by atoms with Crippen molar-refractivity contribution in [2.45, 2.75) is 13.0 Å². The van der Waals surface area contributed by atoms with Gasteiger partial charge in [-0.3, -0.25) is 9.36 Å². The minimum absolute atomic E-state index is 0.0968. The van der Waals surface area contributed by atoms with Crippen LogP contribution in [0.3, 0.4) is 0 Å². The van der Waals surface area contributed by atoms with E-state index in [0.717, 1.165) is 11.1 Å². The number of benzene rings is 2. The summed E-state index contributed by atoms with van der Waals surface area (Å²) in [6.45, 7) is 0.529. The topological polar surface area (TPSA) is 96.0 Å². The Labute approximate surface area is 148 Å². The van der Waals surface area contributed by atoms with Gasteiger partial charge in [0.05, 0.1) is 28.1 Å². The summed E-state index contributed by atoms with van der Waals surface area (Å²) in [4.78, 5) is 28.4. The summed E-state index contributed by atoms with van der Waals surface area (Å²) in [6, 6.07) is 13.7. The van der Waals surface area contributed by atoms with Crippen LogP contribution in [0.15, 0.2) is 47.3 Å². The first-order chi connectivity index (χ1) is 12.6. The van der Waals surface area contributed by atoms with Crippen molar-refractivity contribution in [3.05, 3.63) is 75.3 Å². The summed E-state index contributed by atoms with van der Waals surface area (Å²) in [5.74, 6) is -0.509. The number of aromatic carboxylic acids is 1. The maximum atomic E-state index is 12.7. The van der Waals surface area contributed by atoms with E-state index in [-0.39, 0.29) is 11.1 Å². The van der Waals surface area contributed by atoms with Gasteiger partial charge in [-0.2, -0.15) is 5.26 Å². The lowest BCUT2D eigenvalue weighted by atomic mass is 10.1. The molecule has 2 aromatic carbocycles. The van der Waals surface area contributed by atoms with E-state index in [9.17, 15) is 9.59 Å². The molecular formula is C20H13N3O3. The van der Waals surface area contributed by atoms with E-state index < -0.39 is 5.97 Å². The van der Waals surface area contributed by atoms with Crippen molar-refractivity contribution in [2.75, 3.05) is 0 Å². The Balaban J connectivity index is 1.89. The monoisotopic (exact) mass is 343 g/mol. The van der Waals surface area contributed by atoms with E-state index >= 15 is 0 Å². The fourth-order valence-corrected chi connectivity index (χ4v) is 3.19. The van der Waals surface area contributed by atoms with Gasteiger partial charge in [0.25, 0.3) is 5.56 Å². The SMILES string of the molecule is N#Cc1cccc(/C=C2\CCn3c2nc2cc(C(=O)O)ccc2c3=O)c1. The fourth-order valence-electron chi connectivity index (χ4n) is 3.19. The van der Waals surface area contributed by atoms with Crippen molar-refractivity contribution < 1.29 is 9.90 Å². The Bertz CT molecular complexity index is 1200. The Morgan fingerprint density at radius 2 is 2.12 bits per heavy atom. The van der Waals surface area contributed by atoms with Gasteiger partial charge >= 0.3 is 5.97 Å². The first-order valence-corrected chi connectivity index (χ1v) is 8.06. The van der Waals surface area contributed by atoms with Gasteiger partial charge in [-0.05, 0) is 54.0 Å². The van der Waals surface area contributed by atoms with Crippen LogP contribution in [0.2, 0.25) is 0 Å². The van der Waals surface area contributed by atoms with Crippen LogP contribution < -0.4 is 5.56 Å². The number of fused-ring (bicyclic) bond motifs is 2. The molecule has 0 unspecified atom stereocenters. The van der Waals surface area contributed by atoms with Gasteiger partial charge in [0.2, 0.25) is 0 Å². The number of hydrogen-bond acceptors (Lipinski definition) is 4. The zero-order valence-electron chi connectivity index (χ0n) is 13.6. The summed E-state index contributed by atoms with van der Waals surface area (Å²) in [6.07, 6.45) is 2.57. The van der Waals surface area contributed by atoms with Gasteiger partial charge in [-0.1, -0.05) is 12.1 Å². The second kappa shape index (κ2) is 5.97. The molecule has 6 heteroatoms. The van der Waals surface area contributed by atoms with Crippen molar-refractivity contribution in [3.63, 3.8) is 0 Å². The van der Waals surface area contributed by atoms with Crippen LogP contribution in [0.5, 0.6) is 0 Å². The first kappa shape index (κ1) is 15.8. The number of carboxylic acid groups (broad SMARTS) is 1. The molecule has 4 rings (SSSR count). The predicted molar refractivity (Wildman–Crippen MR) is 96.6 cm³/mol. The molecule has 26 heavy (non-hydrogen) atoms. The third kappa shape index (κ3) is 2.56. The number of rotatable bonds is 2. The van der Waals surface area contributed by atoms with Crippen LogP contribution in [0.4, 0.5) is 0 Å². The van der Waals surface area contributed by atoms with Crippen LogP contribution in [0, 0.1) is 11.3 Å². The number of carboxylic acids is 1. The molecule has 126 valence electrons. The maximum absolute atomic E-state index is 12.7. The van der Waals surface area contributed by atoms with E-state index in [4.69, 9.17) is 10.4 Å². The second-order valence-electron chi connectivity index (χ2n) is 6.09. The summed E-state index contributed by atoms with van der Waals surface area (Å²) in [7, 11) is 0. The highest BCUT2D eigenvalue weighted by molar-refractivity contribution is 5.93. The van der Waals surface area contributed by atoms with Crippen LogP contribution in [-0.2, 0) is 6.54 Å². The van der Waals surface area contributed by atoms with E-state index in [1.807, 2.05) is 12.1 Å². The Morgan fingerprint density at radius 3 is 2.88 bits per heavy atom. The molecule has 0 saturated heterocycles. The second-order valence-corrected chi connectivity index (χ2v) is 6.09. The quantitative estimate of drug-likeness (QED) is 0.772. The van der Waals surface area contributed by atoms with Crippen LogP contribution in [-0.4, -0.2) is 20.6 Å². The molecule has 1 aliphatic rings. The molecule has 0 saturated carbocycles. The summed E-state index contributed by atoms with van der Waals surface area (Å²) in [5.41, 5.74) is 2.61. The molecule has 0 amide bonds. The molecule has 1 aliphatic heterocycles. The highest BCUT2D eigenvalue weighted by Crippen LogP contribution is 2.27. The van der Waals surface area contributed by atoms with E-state index in [1.54, 1.807) is 22.8 Å². The zero-order valence-corrected chi connectivity index (χ0v) is 13.6. The van der Waals surface area contributed by atoms with Gasteiger partial charge in [-0.25, -0.2) is 9.78 Å². The molecule has 0 fully saturated rings. The van der Waals surface area contributed by atoms with Crippen LogP contribution in [0.25, 0.3) is 22.6 Å². The standard InChI is InChI=1S/C20H13N3O3/c21-11-13-3-1-2-12(8-13)9-14-6-7-23-18(14)22-17-10-15(20(25)26)4-5-16(17)19(23)24/h1-5,8-10H,6-7H2,(H,25,26)/b14-9+. The number of nitriles is 1. The average molecular weight is 343 g/mol. The number of aromatic nitrogens is 2. The molecule has 0 aliphatic carbocycles. The van der Waals surface area contributed by atoms with E-state index in [1.165, 1.54) is 18.2 Å². The average Bonchev–Trinajstić information content (AvgIpc) is 3.04. The molecule has 1 aromatic heterocycles. The van der Waals surface area contributed by atoms with Crippen LogP contribution in [0.1, 0.15) is 33.7 Å². The summed E-state index contributed by atoms with van der Waals surface area (Å²) < 4.78 is 1.61. The third-order valence-electron chi connectivity index (χ3n) is 4.45. The molecule has 0 radical (unpaired) electrons. The molecule has 1 N–H and O–H groups in total. The minimum Gasteiger partial charge on any atom is -0.478 e. The zero-order chi connectivity index (χ0) is 18.3. The Morgan fingerprint density at radius 1 is 1.27 bits per heavy atom. The number of carbonyl (C=O) groups is 1. The lowest BCUT2D eigenvalue weighted by Gasteiger charge is -2.06. The van der Waals surface area contributed by atoms with E-state index in [0.29, 0.717) is 35.3 Å². The Kier molecular flexibility index (Phi) is 3.63. The summed E-state index contributed by atoms with van der Waals surface area (Å²) in [5, 5.41) is 18.6. The first-order valence-electron chi connectivity index (χ1n) is 8.06. The number of nitrogens with zero attached hydrogens (tertiary/aromatic N) is 3. The Hall–Kier alpha value is -3.72. The van der Waals surface area contributed by atoms with Crippen molar-refractivity contribution in [1.82, 2.24) is 9.55 Å². The molecule has 0 spiro atoms. The molecule has 6 nitrogen and oxygen atoms in total. The van der Waals surface area contributed by atoms with Gasteiger partial charge in [0.1, 0.15) is 5.82 Å². The molecule has 3 aromatic rings. The molecule has 0 atom stereocenters. The van der Waals surface area contributed by atoms with Gasteiger partial charge in [-0.15, -0.1) is 0 Å². The highest BCUT2D eigenvalue weighted by Gasteiger charge is 2.21. The van der Waals surface area contributed by atoms with Crippen molar-refractivity contribution >= 4 is 28.5 Å². The van der Waals surface area contributed by atoms with Crippen LogP contribution >= 0.6 is 0 Å². The lowest BCUT2D eigenvalue weighted by molar-refractivity contribution is 0.0697. The van der Waals surface area contributed by atoms with Gasteiger partial charge in [0, 0.05) is 6.54 Å². The normalized spacial score (nSPS) is 14.3.